The number of nitro groups is 1. The van der Waals surface area contributed by atoms with Crippen LogP contribution in [0.5, 0.6) is 0 Å². The fourth-order valence-corrected chi connectivity index (χ4v) is 1.43. The van der Waals surface area contributed by atoms with Gasteiger partial charge in [0.05, 0.1) is 11.1 Å². The van der Waals surface area contributed by atoms with Gasteiger partial charge in [-0.05, 0) is 18.1 Å². The summed E-state index contributed by atoms with van der Waals surface area (Å²) in [5, 5.41) is 17.1. The molecule has 0 atom stereocenters. The number of H-pyrrole nitrogens is 1. The molecular weight excluding hydrogens is 194 g/mol. The molecule has 1 N–H and O–H groups in total. The number of nitro benzene ring substituents is 1. The molecule has 0 aliphatic rings. The van der Waals surface area contributed by atoms with Crippen LogP contribution in [0.1, 0.15) is 5.56 Å². The molecule has 0 radical (unpaired) electrons. The van der Waals surface area contributed by atoms with E-state index in [4.69, 9.17) is 0 Å². The van der Waals surface area contributed by atoms with E-state index in [0.717, 1.165) is 16.7 Å². The van der Waals surface area contributed by atoms with Gasteiger partial charge in [0, 0.05) is 23.9 Å². The number of nitrogens with zero attached hydrogens (tertiary/aromatic N) is 2. The zero-order valence-electron chi connectivity index (χ0n) is 8.10. The zero-order valence-corrected chi connectivity index (χ0v) is 8.10. The molecule has 0 bridgehead atoms. The maximum atomic E-state index is 10.6. The number of aryl methyl sites for hydroxylation is 1. The predicted molar refractivity (Wildman–Crippen MR) is 55.4 cm³/mol. The standard InChI is InChI=1S/C10H9N3O2/c1-7-2-3-9(13(14)15)4-10(7)8-5-11-12-6-8/h2-6H,1H3,(H,11,12). The highest BCUT2D eigenvalue weighted by Crippen LogP contribution is 2.26. The molecule has 5 nitrogen and oxygen atoms in total. The maximum Gasteiger partial charge on any atom is 0.270 e. The first-order chi connectivity index (χ1) is 7.18. The van der Waals surface area contributed by atoms with Crippen LogP contribution < -0.4 is 0 Å². The first kappa shape index (κ1) is 9.39. The molecular formula is C10H9N3O2. The van der Waals surface area contributed by atoms with Gasteiger partial charge in [0.1, 0.15) is 0 Å². The number of benzene rings is 1. The van der Waals surface area contributed by atoms with Crippen molar-refractivity contribution in [3.05, 3.63) is 46.3 Å². The molecule has 0 spiro atoms. The first-order valence-corrected chi connectivity index (χ1v) is 4.42. The highest BCUT2D eigenvalue weighted by molar-refractivity contribution is 5.68. The summed E-state index contributed by atoms with van der Waals surface area (Å²) in [7, 11) is 0. The number of hydrogen-bond acceptors (Lipinski definition) is 3. The molecule has 0 amide bonds. The molecule has 15 heavy (non-hydrogen) atoms. The number of aromatic nitrogens is 2. The lowest BCUT2D eigenvalue weighted by Crippen LogP contribution is -1.89. The quantitative estimate of drug-likeness (QED) is 0.601. The van der Waals surface area contributed by atoms with Gasteiger partial charge in [-0.1, -0.05) is 6.07 Å². The summed E-state index contributed by atoms with van der Waals surface area (Å²) in [6, 6.07) is 4.79. The summed E-state index contributed by atoms with van der Waals surface area (Å²) in [5.74, 6) is 0. The molecule has 0 fully saturated rings. The van der Waals surface area contributed by atoms with Crippen LogP contribution in [-0.2, 0) is 0 Å². The van der Waals surface area contributed by atoms with Gasteiger partial charge in [0.2, 0.25) is 0 Å². The van der Waals surface area contributed by atoms with Gasteiger partial charge in [-0.3, -0.25) is 15.2 Å². The number of hydrogen-bond donors (Lipinski definition) is 1. The third kappa shape index (κ3) is 1.71. The lowest BCUT2D eigenvalue weighted by molar-refractivity contribution is -0.384. The molecule has 0 saturated heterocycles. The van der Waals surface area contributed by atoms with E-state index in [1.807, 2.05) is 6.92 Å². The molecule has 2 aromatic rings. The Bertz CT molecular complexity index is 491. The van der Waals surface area contributed by atoms with Gasteiger partial charge in [-0.25, -0.2) is 0 Å². The Kier molecular flexibility index (Phi) is 2.21. The smallest absolute Gasteiger partial charge is 0.270 e. The molecule has 0 unspecified atom stereocenters. The van der Waals surface area contributed by atoms with Crippen molar-refractivity contribution in [1.82, 2.24) is 10.2 Å². The summed E-state index contributed by atoms with van der Waals surface area (Å²) in [4.78, 5) is 10.2. The number of aromatic amines is 1. The van der Waals surface area contributed by atoms with Crippen LogP contribution in [0.2, 0.25) is 0 Å². The van der Waals surface area contributed by atoms with E-state index < -0.39 is 4.92 Å². The van der Waals surface area contributed by atoms with Crippen molar-refractivity contribution in [2.45, 2.75) is 6.92 Å². The average molecular weight is 203 g/mol. The van der Waals surface area contributed by atoms with Gasteiger partial charge < -0.3 is 0 Å². The largest absolute Gasteiger partial charge is 0.285 e. The monoisotopic (exact) mass is 203 g/mol. The van der Waals surface area contributed by atoms with E-state index in [0.29, 0.717) is 0 Å². The minimum Gasteiger partial charge on any atom is -0.285 e. The van der Waals surface area contributed by atoms with E-state index in [9.17, 15) is 10.1 Å². The van der Waals surface area contributed by atoms with Crippen LogP contribution in [0.3, 0.4) is 0 Å². The SMILES string of the molecule is Cc1ccc([N+](=O)[O-])cc1-c1cn[nH]c1. The average Bonchev–Trinajstić information content (AvgIpc) is 2.71. The maximum absolute atomic E-state index is 10.6. The second-order valence-electron chi connectivity index (χ2n) is 3.24. The number of rotatable bonds is 2. The second-order valence-corrected chi connectivity index (χ2v) is 3.24. The molecule has 1 heterocycles. The summed E-state index contributed by atoms with van der Waals surface area (Å²) in [5.41, 5.74) is 2.77. The Morgan fingerprint density at radius 1 is 1.47 bits per heavy atom. The molecule has 2 rings (SSSR count). The summed E-state index contributed by atoms with van der Waals surface area (Å²) >= 11 is 0. The van der Waals surface area contributed by atoms with E-state index in [1.54, 1.807) is 24.5 Å². The van der Waals surface area contributed by atoms with Crippen LogP contribution in [0.25, 0.3) is 11.1 Å². The lowest BCUT2D eigenvalue weighted by Gasteiger charge is -2.01. The Hall–Kier alpha value is -2.17. The van der Waals surface area contributed by atoms with Gasteiger partial charge in [0.15, 0.2) is 0 Å². The summed E-state index contributed by atoms with van der Waals surface area (Å²) in [6.45, 7) is 1.91. The van der Waals surface area contributed by atoms with Crippen molar-refractivity contribution in [3.8, 4) is 11.1 Å². The minimum atomic E-state index is -0.400. The molecule has 5 heteroatoms. The molecule has 0 saturated carbocycles. The Morgan fingerprint density at radius 2 is 2.27 bits per heavy atom. The van der Waals surface area contributed by atoms with Crippen LogP contribution in [0.15, 0.2) is 30.6 Å². The Morgan fingerprint density at radius 3 is 2.87 bits per heavy atom. The van der Waals surface area contributed by atoms with Gasteiger partial charge in [0.25, 0.3) is 5.69 Å². The van der Waals surface area contributed by atoms with Crippen LogP contribution >= 0.6 is 0 Å². The fourth-order valence-electron chi connectivity index (χ4n) is 1.43. The van der Waals surface area contributed by atoms with E-state index in [2.05, 4.69) is 10.2 Å². The van der Waals surface area contributed by atoms with Gasteiger partial charge in [-0.2, -0.15) is 5.10 Å². The highest BCUT2D eigenvalue weighted by atomic mass is 16.6. The van der Waals surface area contributed by atoms with Gasteiger partial charge >= 0.3 is 0 Å². The van der Waals surface area contributed by atoms with Crippen molar-refractivity contribution in [2.24, 2.45) is 0 Å². The third-order valence-corrected chi connectivity index (χ3v) is 2.24. The lowest BCUT2D eigenvalue weighted by atomic mass is 10.0. The van der Waals surface area contributed by atoms with Crippen molar-refractivity contribution in [3.63, 3.8) is 0 Å². The van der Waals surface area contributed by atoms with Gasteiger partial charge in [-0.15, -0.1) is 0 Å². The van der Waals surface area contributed by atoms with Crippen molar-refractivity contribution < 1.29 is 4.92 Å². The number of nitrogens with one attached hydrogen (secondary N) is 1. The zero-order chi connectivity index (χ0) is 10.8. The molecule has 76 valence electrons. The Labute approximate surface area is 85.9 Å². The Balaban J connectivity index is 2.55. The first-order valence-electron chi connectivity index (χ1n) is 4.42. The third-order valence-electron chi connectivity index (χ3n) is 2.24. The molecule has 1 aromatic heterocycles. The highest BCUT2D eigenvalue weighted by Gasteiger charge is 2.10. The van der Waals surface area contributed by atoms with E-state index in [-0.39, 0.29) is 5.69 Å². The number of non-ortho nitro benzene ring substituents is 1. The minimum absolute atomic E-state index is 0.0943. The fraction of sp³-hybridized carbons (Fsp3) is 0.100. The van der Waals surface area contributed by atoms with Crippen LogP contribution in [0.4, 0.5) is 5.69 Å². The van der Waals surface area contributed by atoms with E-state index >= 15 is 0 Å². The molecule has 0 aliphatic carbocycles. The second kappa shape index (κ2) is 3.53. The predicted octanol–water partition coefficient (Wildman–Crippen LogP) is 2.29. The van der Waals surface area contributed by atoms with Crippen molar-refractivity contribution in [2.75, 3.05) is 0 Å². The van der Waals surface area contributed by atoms with Crippen molar-refractivity contribution >= 4 is 5.69 Å². The molecule has 0 aliphatic heterocycles. The molecule has 1 aromatic carbocycles. The van der Waals surface area contributed by atoms with Crippen LogP contribution in [-0.4, -0.2) is 15.1 Å². The van der Waals surface area contributed by atoms with E-state index in [1.165, 1.54) is 6.07 Å². The summed E-state index contributed by atoms with van der Waals surface area (Å²) < 4.78 is 0. The topological polar surface area (TPSA) is 71.8 Å². The normalized spacial score (nSPS) is 10.2. The summed E-state index contributed by atoms with van der Waals surface area (Å²) in [6.07, 6.45) is 3.36. The van der Waals surface area contributed by atoms with Crippen molar-refractivity contribution in [1.29, 1.82) is 0 Å². The van der Waals surface area contributed by atoms with Crippen LogP contribution in [0, 0.1) is 17.0 Å².